The Balaban J connectivity index is 1.37. The zero-order valence-corrected chi connectivity index (χ0v) is 14.6. The monoisotopic (exact) mass is 374 g/mol. The molecule has 3 aliphatic rings. The van der Waals surface area contributed by atoms with Gasteiger partial charge in [-0.05, 0) is 49.8 Å². The molecule has 1 spiro atoms. The van der Waals surface area contributed by atoms with E-state index in [1.807, 2.05) is 0 Å². The van der Waals surface area contributed by atoms with Crippen LogP contribution >= 0.6 is 0 Å². The number of pyridine rings is 1. The van der Waals surface area contributed by atoms with Gasteiger partial charge in [0.05, 0.1) is 11.5 Å². The molecule has 25 heavy (non-hydrogen) atoms. The molecule has 4 nitrogen and oxygen atoms in total. The van der Waals surface area contributed by atoms with Crippen molar-refractivity contribution >= 4 is 9.84 Å². The van der Waals surface area contributed by atoms with Gasteiger partial charge in [-0.25, -0.2) is 8.42 Å². The first-order chi connectivity index (χ1) is 11.7. The molecule has 0 amide bonds. The molecule has 3 fully saturated rings. The van der Waals surface area contributed by atoms with E-state index in [4.69, 9.17) is 0 Å². The van der Waals surface area contributed by atoms with Gasteiger partial charge in [-0.2, -0.15) is 13.2 Å². The third kappa shape index (κ3) is 3.30. The lowest BCUT2D eigenvalue weighted by Crippen LogP contribution is -2.50. The minimum Gasteiger partial charge on any atom is -0.300 e. The molecular formula is C17H21F3N2O2S. The molecule has 1 aliphatic carbocycles. The minimum atomic E-state index is -4.40. The van der Waals surface area contributed by atoms with Crippen molar-refractivity contribution in [2.45, 2.75) is 43.8 Å². The lowest BCUT2D eigenvalue weighted by Gasteiger charge is -2.38. The van der Waals surface area contributed by atoms with Crippen molar-refractivity contribution in [1.29, 1.82) is 0 Å². The van der Waals surface area contributed by atoms with Crippen molar-refractivity contribution in [2.24, 2.45) is 5.41 Å². The molecule has 2 saturated heterocycles. The maximum absolute atomic E-state index is 12.6. The highest BCUT2D eigenvalue weighted by molar-refractivity contribution is 7.92. The van der Waals surface area contributed by atoms with E-state index in [2.05, 4.69) is 9.88 Å². The Bertz CT molecular complexity index is 749. The second kappa shape index (κ2) is 5.67. The summed E-state index contributed by atoms with van der Waals surface area (Å²) in [7, 11) is -2.82. The molecule has 0 bridgehead atoms. The van der Waals surface area contributed by atoms with E-state index in [-0.39, 0.29) is 11.3 Å². The zero-order valence-electron chi connectivity index (χ0n) is 13.8. The highest BCUT2D eigenvalue weighted by Gasteiger charge is 2.53. The van der Waals surface area contributed by atoms with Crippen LogP contribution in [0.4, 0.5) is 13.2 Å². The van der Waals surface area contributed by atoms with Crippen LogP contribution in [0.25, 0.3) is 0 Å². The van der Waals surface area contributed by atoms with Crippen LogP contribution in [0.5, 0.6) is 0 Å². The molecule has 138 valence electrons. The smallest absolute Gasteiger partial charge is 0.300 e. The van der Waals surface area contributed by atoms with Crippen LogP contribution in [-0.2, 0) is 16.0 Å². The van der Waals surface area contributed by atoms with Crippen molar-refractivity contribution in [3.05, 3.63) is 29.6 Å². The van der Waals surface area contributed by atoms with E-state index >= 15 is 0 Å². The predicted molar refractivity (Wildman–Crippen MR) is 86.9 cm³/mol. The van der Waals surface area contributed by atoms with Crippen LogP contribution in [0.15, 0.2) is 18.3 Å². The number of alkyl halides is 3. The van der Waals surface area contributed by atoms with E-state index < -0.39 is 21.7 Å². The third-order valence-electron chi connectivity index (χ3n) is 5.99. The number of hydrogen-bond acceptors (Lipinski definition) is 4. The molecule has 0 radical (unpaired) electrons. The van der Waals surface area contributed by atoms with Gasteiger partial charge in [-0.1, -0.05) is 6.07 Å². The Kier molecular flexibility index (Phi) is 3.92. The zero-order chi connectivity index (χ0) is 17.9. The average Bonchev–Trinajstić information content (AvgIpc) is 3.12. The van der Waals surface area contributed by atoms with E-state index in [9.17, 15) is 21.6 Å². The number of likely N-dealkylation sites (tertiary alicyclic amines) is 1. The lowest BCUT2D eigenvalue weighted by atomic mass is 9.91. The van der Waals surface area contributed by atoms with Crippen molar-refractivity contribution in [3.8, 4) is 0 Å². The number of halogens is 3. The Morgan fingerprint density at radius 2 is 1.96 bits per heavy atom. The fourth-order valence-electron chi connectivity index (χ4n) is 4.81. The van der Waals surface area contributed by atoms with Crippen LogP contribution < -0.4 is 0 Å². The first-order valence-corrected chi connectivity index (χ1v) is 10.5. The van der Waals surface area contributed by atoms with Gasteiger partial charge in [0.25, 0.3) is 0 Å². The number of nitrogens with zero attached hydrogens (tertiary/aromatic N) is 2. The van der Waals surface area contributed by atoms with Gasteiger partial charge >= 0.3 is 6.18 Å². The highest BCUT2D eigenvalue weighted by Crippen LogP contribution is 2.45. The predicted octanol–water partition coefficient (Wildman–Crippen LogP) is 2.86. The van der Waals surface area contributed by atoms with Gasteiger partial charge in [-0.15, -0.1) is 0 Å². The summed E-state index contributed by atoms with van der Waals surface area (Å²) < 4.78 is 60.9. The van der Waals surface area contributed by atoms with Crippen molar-refractivity contribution in [3.63, 3.8) is 0 Å². The van der Waals surface area contributed by atoms with Crippen LogP contribution in [0.2, 0.25) is 0 Å². The SMILES string of the molecule is O=S1(=O)CC2(CCN([C@H]3CC[C@@H](c4ccc(C(F)(F)F)nc4)C3)C2)C1. The summed E-state index contributed by atoms with van der Waals surface area (Å²) in [5, 5.41) is 0. The van der Waals surface area contributed by atoms with Crippen LogP contribution in [0.3, 0.4) is 0 Å². The molecule has 8 heteroatoms. The van der Waals surface area contributed by atoms with Crippen LogP contribution in [0.1, 0.15) is 42.9 Å². The van der Waals surface area contributed by atoms with Crippen LogP contribution in [0, 0.1) is 5.41 Å². The van der Waals surface area contributed by atoms with E-state index in [1.54, 1.807) is 6.07 Å². The Morgan fingerprint density at radius 1 is 1.20 bits per heavy atom. The minimum absolute atomic E-state index is 0.0349. The second-order valence-electron chi connectivity index (χ2n) is 7.89. The van der Waals surface area contributed by atoms with E-state index in [0.29, 0.717) is 17.5 Å². The van der Waals surface area contributed by atoms with E-state index in [0.717, 1.165) is 50.4 Å². The van der Waals surface area contributed by atoms with Gasteiger partial charge < -0.3 is 0 Å². The van der Waals surface area contributed by atoms with Crippen molar-refractivity contribution in [1.82, 2.24) is 9.88 Å². The standard InChI is InChI=1S/C17H21F3N2O2S/c18-17(19,20)15-4-2-13(8-21-15)12-1-3-14(7-12)22-6-5-16(9-22)10-25(23,24)11-16/h2,4,8,12,14H,1,3,5-7,9-11H2/t12-,14+/m1/s1. The molecule has 1 saturated carbocycles. The van der Waals surface area contributed by atoms with Gasteiger partial charge in [0.15, 0.2) is 9.84 Å². The molecule has 4 rings (SSSR count). The molecule has 0 unspecified atom stereocenters. The Hall–Kier alpha value is -1.15. The normalized spacial score (nSPS) is 31.3. The summed E-state index contributed by atoms with van der Waals surface area (Å²) in [6.07, 6.45) is 0.767. The first-order valence-electron chi connectivity index (χ1n) is 8.64. The second-order valence-corrected chi connectivity index (χ2v) is 9.96. The largest absolute Gasteiger partial charge is 0.433 e. The number of rotatable bonds is 2. The molecular weight excluding hydrogens is 353 g/mol. The number of sulfone groups is 1. The molecule has 2 atom stereocenters. The molecule has 3 heterocycles. The summed E-state index contributed by atoms with van der Waals surface area (Å²) in [4.78, 5) is 5.97. The van der Waals surface area contributed by atoms with Crippen molar-refractivity contribution in [2.75, 3.05) is 24.6 Å². The molecule has 0 N–H and O–H groups in total. The lowest BCUT2D eigenvalue weighted by molar-refractivity contribution is -0.141. The Morgan fingerprint density at radius 3 is 2.56 bits per heavy atom. The maximum Gasteiger partial charge on any atom is 0.433 e. The number of aromatic nitrogens is 1. The summed E-state index contributed by atoms with van der Waals surface area (Å²) in [5.41, 5.74) is -0.0126. The van der Waals surface area contributed by atoms with Gasteiger partial charge in [-0.3, -0.25) is 9.88 Å². The van der Waals surface area contributed by atoms with Crippen LogP contribution in [-0.4, -0.2) is 48.9 Å². The first kappa shape index (κ1) is 17.3. The number of hydrogen-bond donors (Lipinski definition) is 0. The topological polar surface area (TPSA) is 50.3 Å². The van der Waals surface area contributed by atoms with Crippen molar-refractivity contribution < 1.29 is 21.6 Å². The maximum atomic E-state index is 12.6. The average molecular weight is 374 g/mol. The van der Waals surface area contributed by atoms with E-state index in [1.165, 1.54) is 6.20 Å². The molecule has 2 aliphatic heterocycles. The third-order valence-corrected chi connectivity index (χ3v) is 8.09. The highest BCUT2D eigenvalue weighted by atomic mass is 32.2. The quantitative estimate of drug-likeness (QED) is 0.799. The summed E-state index contributed by atoms with van der Waals surface area (Å²) >= 11 is 0. The van der Waals surface area contributed by atoms with Gasteiger partial charge in [0.1, 0.15) is 5.69 Å². The fraction of sp³-hybridized carbons (Fsp3) is 0.706. The molecule has 1 aromatic rings. The molecule has 0 aromatic carbocycles. The Labute approximate surface area is 145 Å². The van der Waals surface area contributed by atoms with Gasteiger partial charge in [0.2, 0.25) is 0 Å². The summed E-state index contributed by atoms with van der Waals surface area (Å²) in [5.74, 6) is 0.867. The van der Waals surface area contributed by atoms with Gasteiger partial charge in [0, 0.05) is 24.2 Å². The molecule has 1 aromatic heterocycles. The summed E-state index contributed by atoms with van der Waals surface area (Å²) in [6.45, 7) is 1.77. The summed E-state index contributed by atoms with van der Waals surface area (Å²) in [6, 6.07) is 3.01. The fourth-order valence-corrected chi connectivity index (χ4v) is 7.07.